The van der Waals surface area contributed by atoms with Crippen molar-refractivity contribution in [1.82, 2.24) is 0 Å². The van der Waals surface area contributed by atoms with Gasteiger partial charge in [-0.15, -0.1) is 0 Å². The molecule has 7 heteroatoms. The lowest BCUT2D eigenvalue weighted by Gasteiger charge is -2.13. The summed E-state index contributed by atoms with van der Waals surface area (Å²) in [6.07, 6.45) is 10.9. The Balaban J connectivity index is 2.10. The summed E-state index contributed by atoms with van der Waals surface area (Å²) < 4.78 is 15.6. The highest BCUT2D eigenvalue weighted by Crippen LogP contribution is 2.40. The van der Waals surface area contributed by atoms with Crippen molar-refractivity contribution in [3.8, 4) is 5.75 Å². The highest BCUT2D eigenvalue weighted by Gasteiger charge is 2.17. The molecule has 1 aromatic rings. The van der Waals surface area contributed by atoms with Gasteiger partial charge < -0.3 is 15.6 Å². The van der Waals surface area contributed by atoms with E-state index in [2.05, 4.69) is 9.84 Å². The van der Waals surface area contributed by atoms with Crippen molar-refractivity contribution in [3.05, 3.63) is 24.3 Å². The first-order chi connectivity index (χ1) is 11.5. The van der Waals surface area contributed by atoms with Crippen LogP contribution >= 0.6 is 7.82 Å². The lowest BCUT2D eigenvalue weighted by atomic mass is 10.1. The summed E-state index contributed by atoms with van der Waals surface area (Å²) in [5, 5.41) is 3.18. The molecule has 0 fully saturated rings. The van der Waals surface area contributed by atoms with Gasteiger partial charge in [0.2, 0.25) is 0 Å². The molecule has 0 atom stereocenters. The van der Waals surface area contributed by atoms with E-state index in [-0.39, 0.29) is 5.75 Å². The Labute approximate surface area is 145 Å². The van der Waals surface area contributed by atoms with Crippen molar-refractivity contribution in [2.24, 2.45) is 5.73 Å². The summed E-state index contributed by atoms with van der Waals surface area (Å²) in [6, 6.07) is 6.79. The first kappa shape index (κ1) is 21.0. The molecular formula is C17H31N2O4P. The molecule has 1 aromatic carbocycles. The standard InChI is InChI=1S/C17H31N2O4P/c18-14-10-6-4-2-1-3-5-7-11-15-19-16-12-8-9-13-17(16)23-24(20,21)22/h8-9,12-13,19H,1-7,10-11,14-15,18H2,(H2,20,21,22). The van der Waals surface area contributed by atoms with E-state index in [1.807, 2.05) is 0 Å². The third-order valence-corrected chi connectivity index (χ3v) is 4.24. The summed E-state index contributed by atoms with van der Waals surface area (Å²) in [7, 11) is -4.53. The number of nitrogens with two attached hydrogens (primary N) is 1. The molecule has 0 aromatic heterocycles. The van der Waals surface area contributed by atoms with Crippen LogP contribution in [0.25, 0.3) is 0 Å². The largest absolute Gasteiger partial charge is 0.524 e. The second-order valence-electron chi connectivity index (χ2n) is 5.98. The topological polar surface area (TPSA) is 105 Å². The van der Waals surface area contributed by atoms with E-state index in [1.165, 1.54) is 38.5 Å². The van der Waals surface area contributed by atoms with Gasteiger partial charge in [0.15, 0.2) is 5.75 Å². The molecule has 1 rings (SSSR count). The molecule has 0 heterocycles. The first-order valence-corrected chi connectivity index (χ1v) is 10.3. The molecule has 5 N–H and O–H groups in total. The van der Waals surface area contributed by atoms with E-state index >= 15 is 0 Å². The second kappa shape index (κ2) is 12.3. The maximum Gasteiger partial charge on any atom is 0.524 e. The van der Waals surface area contributed by atoms with Gasteiger partial charge in [0.1, 0.15) is 0 Å². The SMILES string of the molecule is NCCCCCCCCCCCNc1ccccc1OP(=O)(O)O. The molecule has 0 aliphatic rings. The van der Waals surface area contributed by atoms with Gasteiger partial charge in [-0.05, 0) is 31.5 Å². The predicted molar refractivity (Wildman–Crippen MR) is 98.2 cm³/mol. The van der Waals surface area contributed by atoms with E-state index < -0.39 is 7.82 Å². The predicted octanol–water partition coefficient (Wildman–Crippen LogP) is 4.04. The molecule has 0 saturated carbocycles. The highest BCUT2D eigenvalue weighted by molar-refractivity contribution is 7.46. The summed E-state index contributed by atoms with van der Waals surface area (Å²) in [4.78, 5) is 17.8. The Morgan fingerprint density at radius 1 is 0.917 bits per heavy atom. The van der Waals surface area contributed by atoms with Crippen LogP contribution in [0.2, 0.25) is 0 Å². The Kier molecular flexibility index (Phi) is 10.8. The lowest BCUT2D eigenvalue weighted by Crippen LogP contribution is -2.03. The minimum Gasteiger partial charge on any atom is -0.402 e. The van der Waals surface area contributed by atoms with Crippen LogP contribution in [-0.4, -0.2) is 22.9 Å². The van der Waals surface area contributed by atoms with Crippen LogP contribution in [0, 0.1) is 0 Å². The van der Waals surface area contributed by atoms with Crippen molar-refractivity contribution in [2.45, 2.75) is 57.8 Å². The minimum atomic E-state index is -4.53. The summed E-state index contributed by atoms with van der Waals surface area (Å²) in [6.45, 7) is 1.56. The van der Waals surface area contributed by atoms with Crippen LogP contribution in [0.4, 0.5) is 5.69 Å². The van der Waals surface area contributed by atoms with Crippen LogP contribution in [0.15, 0.2) is 24.3 Å². The number of para-hydroxylation sites is 2. The van der Waals surface area contributed by atoms with Gasteiger partial charge in [0, 0.05) is 6.54 Å². The van der Waals surface area contributed by atoms with E-state index in [0.717, 1.165) is 32.4 Å². The number of unbranched alkanes of at least 4 members (excludes halogenated alkanes) is 8. The van der Waals surface area contributed by atoms with Crippen LogP contribution in [0.5, 0.6) is 5.75 Å². The number of rotatable bonds is 14. The number of anilines is 1. The second-order valence-corrected chi connectivity index (χ2v) is 7.14. The van der Waals surface area contributed by atoms with Gasteiger partial charge in [-0.2, -0.15) is 0 Å². The third kappa shape index (κ3) is 10.7. The fourth-order valence-corrected chi connectivity index (χ4v) is 2.97. The zero-order chi connectivity index (χ0) is 17.7. The molecular weight excluding hydrogens is 327 g/mol. The third-order valence-electron chi connectivity index (χ3n) is 3.80. The van der Waals surface area contributed by atoms with E-state index in [1.54, 1.807) is 24.3 Å². The van der Waals surface area contributed by atoms with Crippen LogP contribution in [-0.2, 0) is 4.57 Å². The molecule has 0 unspecified atom stereocenters. The van der Waals surface area contributed by atoms with Crippen molar-refractivity contribution < 1.29 is 18.9 Å². The molecule has 0 radical (unpaired) electrons. The maximum absolute atomic E-state index is 11.0. The number of hydrogen-bond donors (Lipinski definition) is 4. The summed E-state index contributed by atoms with van der Waals surface area (Å²) >= 11 is 0. The smallest absolute Gasteiger partial charge is 0.402 e. The number of hydrogen-bond acceptors (Lipinski definition) is 4. The molecule has 0 amide bonds. The molecule has 24 heavy (non-hydrogen) atoms. The Hall–Kier alpha value is -1.07. The number of nitrogens with one attached hydrogen (secondary N) is 1. The molecule has 0 aliphatic heterocycles. The molecule has 0 saturated heterocycles. The summed E-state index contributed by atoms with van der Waals surface area (Å²) in [5.74, 6) is 0.184. The van der Waals surface area contributed by atoms with Crippen molar-refractivity contribution in [1.29, 1.82) is 0 Å². The van der Waals surface area contributed by atoms with E-state index in [9.17, 15) is 4.57 Å². The molecule has 138 valence electrons. The average Bonchev–Trinajstić information content (AvgIpc) is 2.52. The Morgan fingerprint density at radius 3 is 2.04 bits per heavy atom. The normalized spacial score (nSPS) is 11.5. The van der Waals surface area contributed by atoms with Gasteiger partial charge in [-0.25, -0.2) is 4.57 Å². The Bertz CT molecular complexity index is 493. The quantitative estimate of drug-likeness (QED) is 0.295. The van der Waals surface area contributed by atoms with Crippen molar-refractivity contribution in [3.63, 3.8) is 0 Å². The lowest BCUT2D eigenvalue weighted by molar-refractivity contribution is 0.283. The summed E-state index contributed by atoms with van der Waals surface area (Å²) in [5.41, 5.74) is 6.08. The molecule has 0 aliphatic carbocycles. The fraction of sp³-hybridized carbons (Fsp3) is 0.647. The van der Waals surface area contributed by atoms with Gasteiger partial charge in [-0.3, -0.25) is 9.79 Å². The van der Waals surface area contributed by atoms with Crippen LogP contribution < -0.4 is 15.6 Å². The van der Waals surface area contributed by atoms with Gasteiger partial charge >= 0.3 is 7.82 Å². The average molecular weight is 358 g/mol. The number of phosphoric ester groups is 1. The van der Waals surface area contributed by atoms with E-state index in [0.29, 0.717) is 5.69 Å². The van der Waals surface area contributed by atoms with Gasteiger partial charge in [0.05, 0.1) is 5.69 Å². The van der Waals surface area contributed by atoms with Crippen LogP contribution in [0.3, 0.4) is 0 Å². The highest BCUT2D eigenvalue weighted by atomic mass is 31.2. The number of benzene rings is 1. The number of phosphoric acid groups is 1. The Morgan fingerprint density at radius 2 is 1.46 bits per heavy atom. The fourth-order valence-electron chi connectivity index (χ4n) is 2.55. The van der Waals surface area contributed by atoms with Crippen molar-refractivity contribution >= 4 is 13.5 Å². The van der Waals surface area contributed by atoms with Gasteiger partial charge in [-0.1, -0.05) is 57.1 Å². The molecule has 6 nitrogen and oxygen atoms in total. The zero-order valence-corrected chi connectivity index (χ0v) is 15.2. The van der Waals surface area contributed by atoms with E-state index in [4.69, 9.17) is 15.5 Å². The van der Waals surface area contributed by atoms with Crippen LogP contribution in [0.1, 0.15) is 57.8 Å². The maximum atomic E-state index is 11.0. The van der Waals surface area contributed by atoms with Crippen molar-refractivity contribution in [2.75, 3.05) is 18.4 Å². The first-order valence-electron chi connectivity index (χ1n) is 8.81. The molecule has 0 bridgehead atoms. The zero-order valence-electron chi connectivity index (χ0n) is 14.3. The van der Waals surface area contributed by atoms with Gasteiger partial charge in [0.25, 0.3) is 0 Å². The monoisotopic (exact) mass is 358 g/mol. The molecule has 0 spiro atoms. The minimum absolute atomic E-state index is 0.184.